The molecule has 1 N–H and O–H groups in total. The van der Waals surface area contributed by atoms with Gasteiger partial charge < -0.3 is 5.32 Å². The maximum Gasteiger partial charge on any atom is 0.0794 e. The Morgan fingerprint density at radius 3 is 2.88 bits per heavy atom. The first-order valence-electron chi connectivity index (χ1n) is 5.82. The van der Waals surface area contributed by atoms with E-state index < -0.39 is 0 Å². The van der Waals surface area contributed by atoms with Gasteiger partial charge in [0, 0.05) is 24.5 Å². The third kappa shape index (κ3) is 2.92. The Balaban J connectivity index is 2.19. The van der Waals surface area contributed by atoms with E-state index in [1.54, 1.807) is 11.3 Å². The summed E-state index contributed by atoms with van der Waals surface area (Å²) in [5.74, 6) is 0. The van der Waals surface area contributed by atoms with E-state index >= 15 is 0 Å². The molecule has 2 aromatic heterocycles. The minimum Gasteiger partial charge on any atom is -0.309 e. The van der Waals surface area contributed by atoms with Crippen LogP contribution in [0.5, 0.6) is 0 Å². The first-order chi connectivity index (χ1) is 8.20. The standard InChI is InChI=1S/C12H18N4S/c1-4-14-11(6-10-7-13-8-17-10)12-5-9(2)15-16(12)3/h5,7-8,11,14H,4,6H2,1-3H3. The lowest BCUT2D eigenvalue weighted by Gasteiger charge is -2.17. The van der Waals surface area contributed by atoms with Crippen LogP contribution >= 0.6 is 11.3 Å². The number of thiazole rings is 1. The van der Waals surface area contributed by atoms with Crippen LogP contribution < -0.4 is 5.32 Å². The first-order valence-corrected chi connectivity index (χ1v) is 6.70. The Hall–Kier alpha value is -1.20. The van der Waals surface area contributed by atoms with E-state index in [0.29, 0.717) is 6.04 Å². The van der Waals surface area contributed by atoms with Crippen molar-refractivity contribution in [2.24, 2.45) is 7.05 Å². The molecule has 0 saturated heterocycles. The highest BCUT2D eigenvalue weighted by molar-refractivity contribution is 7.09. The molecule has 2 heterocycles. The lowest BCUT2D eigenvalue weighted by molar-refractivity contribution is 0.510. The molecule has 0 aliphatic rings. The van der Waals surface area contributed by atoms with Gasteiger partial charge in [-0.25, -0.2) is 0 Å². The second-order valence-electron chi connectivity index (χ2n) is 4.12. The zero-order valence-electron chi connectivity index (χ0n) is 10.5. The van der Waals surface area contributed by atoms with Crippen LogP contribution in [0.4, 0.5) is 0 Å². The molecule has 0 aliphatic carbocycles. The molecule has 0 fully saturated rings. The summed E-state index contributed by atoms with van der Waals surface area (Å²) in [7, 11) is 2.00. The van der Waals surface area contributed by atoms with Gasteiger partial charge in [-0.05, 0) is 19.5 Å². The van der Waals surface area contributed by atoms with E-state index in [1.807, 2.05) is 30.4 Å². The molecule has 0 spiro atoms. The summed E-state index contributed by atoms with van der Waals surface area (Å²) in [6, 6.07) is 2.46. The number of nitrogens with zero attached hydrogens (tertiary/aromatic N) is 3. The first kappa shape index (κ1) is 12.3. The monoisotopic (exact) mass is 250 g/mol. The molecule has 4 nitrogen and oxygen atoms in total. The number of hydrogen-bond acceptors (Lipinski definition) is 4. The van der Waals surface area contributed by atoms with Crippen LogP contribution in [0.15, 0.2) is 17.8 Å². The molecule has 2 rings (SSSR count). The SMILES string of the molecule is CCNC(Cc1cncs1)c1cc(C)nn1C. The van der Waals surface area contributed by atoms with E-state index in [1.165, 1.54) is 10.6 Å². The van der Waals surface area contributed by atoms with Crippen LogP contribution in [0.3, 0.4) is 0 Å². The van der Waals surface area contributed by atoms with Gasteiger partial charge in [0.2, 0.25) is 0 Å². The van der Waals surface area contributed by atoms with E-state index in [2.05, 4.69) is 28.4 Å². The van der Waals surface area contributed by atoms with Crippen molar-refractivity contribution < 1.29 is 0 Å². The molecule has 0 aliphatic heterocycles. The average molecular weight is 250 g/mol. The molecule has 92 valence electrons. The van der Waals surface area contributed by atoms with Crippen molar-refractivity contribution in [2.45, 2.75) is 26.3 Å². The highest BCUT2D eigenvalue weighted by Crippen LogP contribution is 2.20. The molecular formula is C12H18N4S. The number of hydrogen-bond donors (Lipinski definition) is 1. The van der Waals surface area contributed by atoms with Gasteiger partial charge in [0.05, 0.1) is 22.9 Å². The predicted molar refractivity (Wildman–Crippen MR) is 70.2 cm³/mol. The summed E-state index contributed by atoms with van der Waals surface area (Å²) in [5, 5.41) is 7.92. The Bertz CT molecular complexity index is 461. The second-order valence-corrected chi connectivity index (χ2v) is 5.09. The molecule has 5 heteroatoms. The molecule has 1 unspecified atom stereocenters. The second kappa shape index (κ2) is 5.42. The molecule has 0 radical (unpaired) electrons. The van der Waals surface area contributed by atoms with Crippen molar-refractivity contribution in [3.8, 4) is 0 Å². The zero-order chi connectivity index (χ0) is 12.3. The van der Waals surface area contributed by atoms with Crippen molar-refractivity contribution in [1.82, 2.24) is 20.1 Å². The van der Waals surface area contributed by atoms with Crippen LogP contribution in [0.2, 0.25) is 0 Å². The smallest absolute Gasteiger partial charge is 0.0794 e. The topological polar surface area (TPSA) is 42.7 Å². The highest BCUT2D eigenvalue weighted by atomic mass is 32.1. The van der Waals surface area contributed by atoms with E-state index in [9.17, 15) is 0 Å². The van der Waals surface area contributed by atoms with E-state index in [0.717, 1.165) is 18.7 Å². The van der Waals surface area contributed by atoms with Gasteiger partial charge in [-0.1, -0.05) is 6.92 Å². The minimum absolute atomic E-state index is 0.312. The molecule has 0 saturated carbocycles. The van der Waals surface area contributed by atoms with Crippen LogP contribution in [0, 0.1) is 6.92 Å². The summed E-state index contributed by atoms with van der Waals surface area (Å²) >= 11 is 1.70. The fourth-order valence-electron chi connectivity index (χ4n) is 2.03. The van der Waals surface area contributed by atoms with Gasteiger partial charge in [0.1, 0.15) is 0 Å². The fourth-order valence-corrected chi connectivity index (χ4v) is 2.67. The number of nitrogens with one attached hydrogen (secondary N) is 1. The Labute approximate surface area is 106 Å². The molecule has 17 heavy (non-hydrogen) atoms. The van der Waals surface area contributed by atoms with Crippen LogP contribution in [0.1, 0.15) is 29.2 Å². The minimum atomic E-state index is 0.312. The highest BCUT2D eigenvalue weighted by Gasteiger charge is 2.16. The summed E-state index contributed by atoms with van der Waals surface area (Å²) < 4.78 is 1.96. The summed E-state index contributed by atoms with van der Waals surface area (Å²) in [6.07, 6.45) is 2.91. The van der Waals surface area contributed by atoms with Gasteiger partial charge in [0.25, 0.3) is 0 Å². The molecule has 0 amide bonds. The number of aryl methyl sites for hydroxylation is 2. The van der Waals surface area contributed by atoms with Crippen LogP contribution in [-0.4, -0.2) is 21.3 Å². The summed E-state index contributed by atoms with van der Waals surface area (Å²) in [4.78, 5) is 5.43. The Kier molecular flexibility index (Phi) is 3.91. The molecule has 0 bridgehead atoms. The molecule has 1 atom stereocenters. The number of aromatic nitrogens is 3. The molecule has 0 aromatic carbocycles. The van der Waals surface area contributed by atoms with Crippen molar-refractivity contribution in [3.63, 3.8) is 0 Å². The number of likely N-dealkylation sites (N-methyl/N-ethyl adjacent to an activating group) is 1. The Morgan fingerprint density at radius 1 is 1.53 bits per heavy atom. The molecule has 2 aromatic rings. The van der Waals surface area contributed by atoms with Gasteiger partial charge >= 0.3 is 0 Å². The average Bonchev–Trinajstić information content (AvgIpc) is 2.88. The Morgan fingerprint density at radius 2 is 2.35 bits per heavy atom. The van der Waals surface area contributed by atoms with Gasteiger partial charge in [-0.2, -0.15) is 5.10 Å². The van der Waals surface area contributed by atoms with Gasteiger partial charge in [0.15, 0.2) is 0 Å². The quantitative estimate of drug-likeness (QED) is 0.883. The van der Waals surface area contributed by atoms with Crippen molar-refractivity contribution in [2.75, 3.05) is 6.54 Å². The van der Waals surface area contributed by atoms with Crippen molar-refractivity contribution >= 4 is 11.3 Å². The third-order valence-electron chi connectivity index (χ3n) is 2.73. The van der Waals surface area contributed by atoms with E-state index in [4.69, 9.17) is 0 Å². The maximum absolute atomic E-state index is 4.41. The van der Waals surface area contributed by atoms with E-state index in [-0.39, 0.29) is 0 Å². The fraction of sp³-hybridized carbons (Fsp3) is 0.500. The van der Waals surface area contributed by atoms with Crippen LogP contribution in [-0.2, 0) is 13.5 Å². The predicted octanol–water partition coefficient (Wildman–Crippen LogP) is 2.08. The largest absolute Gasteiger partial charge is 0.309 e. The third-order valence-corrected chi connectivity index (χ3v) is 3.54. The van der Waals surface area contributed by atoms with Gasteiger partial charge in [-0.15, -0.1) is 11.3 Å². The van der Waals surface area contributed by atoms with Crippen molar-refractivity contribution in [3.05, 3.63) is 34.0 Å². The zero-order valence-corrected chi connectivity index (χ0v) is 11.3. The maximum atomic E-state index is 4.41. The summed E-state index contributed by atoms with van der Waals surface area (Å²) in [5.41, 5.74) is 4.18. The van der Waals surface area contributed by atoms with Crippen LogP contribution in [0.25, 0.3) is 0 Å². The lowest BCUT2D eigenvalue weighted by Crippen LogP contribution is -2.24. The summed E-state index contributed by atoms with van der Waals surface area (Å²) in [6.45, 7) is 5.11. The molecular weight excluding hydrogens is 232 g/mol. The lowest BCUT2D eigenvalue weighted by atomic mass is 10.1. The van der Waals surface area contributed by atoms with Crippen molar-refractivity contribution in [1.29, 1.82) is 0 Å². The normalized spacial score (nSPS) is 12.9. The number of rotatable bonds is 5. The van der Waals surface area contributed by atoms with Gasteiger partial charge in [-0.3, -0.25) is 9.67 Å².